The number of nitrogens with one attached hydrogen (secondary N) is 1. The summed E-state index contributed by atoms with van der Waals surface area (Å²) in [6.45, 7) is 5.49. The molecule has 3 fully saturated rings. The van der Waals surface area contributed by atoms with Crippen molar-refractivity contribution in [3.8, 4) is 5.75 Å². The van der Waals surface area contributed by atoms with Crippen LogP contribution in [0.25, 0.3) is 0 Å². The number of rotatable bonds is 6. The second-order valence-corrected chi connectivity index (χ2v) is 9.71. The summed E-state index contributed by atoms with van der Waals surface area (Å²) in [6, 6.07) is 4.17. The highest BCUT2D eigenvalue weighted by Crippen LogP contribution is 2.40. The Morgan fingerprint density at radius 1 is 1.12 bits per heavy atom. The Hall–Kier alpha value is -1.80. The first kappa shape index (κ1) is 24.3. The molecule has 1 aromatic rings. The van der Waals surface area contributed by atoms with Gasteiger partial charge >= 0.3 is 12.1 Å². The van der Waals surface area contributed by atoms with Gasteiger partial charge < -0.3 is 14.8 Å². The molecule has 2 aliphatic heterocycles. The van der Waals surface area contributed by atoms with E-state index >= 15 is 0 Å². The van der Waals surface area contributed by atoms with Gasteiger partial charge in [0.1, 0.15) is 5.75 Å². The van der Waals surface area contributed by atoms with Crippen LogP contribution in [-0.2, 0) is 22.3 Å². The summed E-state index contributed by atoms with van der Waals surface area (Å²) >= 11 is 0. The molecule has 0 aromatic heterocycles. The van der Waals surface area contributed by atoms with E-state index in [9.17, 15) is 18.0 Å². The van der Waals surface area contributed by atoms with Gasteiger partial charge in [-0.1, -0.05) is 0 Å². The van der Waals surface area contributed by atoms with E-state index in [0.717, 1.165) is 51.4 Å². The lowest BCUT2D eigenvalue weighted by Crippen LogP contribution is -2.50. The van der Waals surface area contributed by atoms with Crippen LogP contribution >= 0.6 is 0 Å². The Labute approximate surface area is 194 Å². The lowest BCUT2D eigenvalue weighted by Gasteiger charge is -2.42. The van der Waals surface area contributed by atoms with Crippen LogP contribution in [0.1, 0.15) is 69.4 Å². The topological polar surface area (TPSA) is 50.8 Å². The number of carbonyl (C=O) groups is 1. The summed E-state index contributed by atoms with van der Waals surface area (Å²) in [4.78, 5) is 14.3. The molecule has 5 nitrogen and oxygen atoms in total. The van der Waals surface area contributed by atoms with Crippen molar-refractivity contribution in [2.24, 2.45) is 5.92 Å². The molecule has 0 amide bonds. The number of likely N-dealkylation sites (tertiary alicyclic amines) is 1. The molecule has 33 heavy (non-hydrogen) atoms. The van der Waals surface area contributed by atoms with E-state index in [1.807, 2.05) is 0 Å². The maximum atomic E-state index is 13.7. The molecule has 0 bridgehead atoms. The molecule has 1 aromatic carbocycles. The zero-order chi connectivity index (χ0) is 23.5. The molecular formula is C25H35F3N2O3. The normalized spacial score (nSPS) is 25.8. The average Bonchev–Trinajstić information content (AvgIpc) is 3.15. The van der Waals surface area contributed by atoms with Crippen LogP contribution in [0.5, 0.6) is 5.75 Å². The third kappa shape index (κ3) is 5.83. The van der Waals surface area contributed by atoms with Gasteiger partial charge in [-0.3, -0.25) is 9.69 Å². The number of benzene rings is 1. The zero-order valence-electron chi connectivity index (χ0n) is 19.4. The number of hydrogen-bond donors (Lipinski definition) is 1. The van der Waals surface area contributed by atoms with Crippen molar-refractivity contribution in [2.45, 2.75) is 82.7 Å². The molecule has 184 valence electrons. The fourth-order valence-electron chi connectivity index (χ4n) is 5.77. The number of esters is 1. The number of alkyl halides is 3. The van der Waals surface area contributed by atoms with Crippen LogP contribution in [0.2, 0.25) is 0 Å². The van der Waals surface area contributed by atoms with Crippen molar-refractivity contribution >= 4 is 5.97 Å². The van der Waals surface area contributed by atoms with Crippen LogP contribution in [0, 0.1) is 5.92 Å². The van der Waals surface area contributed by atoms with Crippen molar-refractivity contribution in [2.75, 3.05) is 26.2 Å². The molecule has 0 unspecified atom stereocenters. The maximum absolute atomic E-state index is 13.7. The van der Waals surface area contributed by atoms with Crippen molar-refractivity contribution in [3.05, 3.63) is 29.3 Å². The first-order valence-electron chi connectivity index (χ1n) is 12.3. The largest absolute Gasteiger partial charge is 0.490 e. The molecular weight excluding hydrogens is 433 g/mol. The summed E-state index contributed by atoms with van der Waals surface area (Å²) in [5.74, 6) is -0.0501. The van der Waals surface area contributed by atoms with Crippen LogP contribution in [0.3, 0.4) is 0 Å². The molecule has 8 heteroatoms. The highest BCUT2D eigenvalue weighted by molar-refractivity contribution is 5.72. The Balaban J connectivity index is 1.46. The van der Waals surface area contributed by atoms with Gasteiger partial charge in [0.25, 0.3) is 0 Å². The predicted octanol–water partition coefficient (Wildman–Crippen LogP) is 4.92. The van der Waals surface area contributed by atoms with Crippen LogP contribution in [0.15, 0.2) is 18.2 Å². The van der Waals surface area contributed by atoms with Crippen LogP contribution in [-0.4, -0.2) is 48.8 Å². The molecule has 2 heterocycles. The fourth-order valence-corrected chi connectivity index (χ4v) is 5.77. The van der Waals surface area contributed by atoms with Gasteiger partial charge in [0.15, 0.2) is 0 Å². The fraction of sp³-hybridized carbons (Fsp3) is 0.720. The molecule has 3 aliphatic rings. The molecule has 1 spiro atoms. The van der Waals surface area contributed by atoms with E-state index in [1.165, 1.54) is 6.07 Å². The Bertz CT molecular complexity index is 816. The van der Waals surface area contributed by atoms with Crippen LogP contribution in [0.4, 0.5) is 13.2 Å². The first-order valence-corrected chi connectivity index (χ1v) is 12.3. The van der Waals surface area contributed by atoms with Crippen LogP contribution < -0.4 is 10.1 Å². The van der Waals surface area contributed by atoms with Gasteiger partial charge in [0, 0.05) is 12.1 Å². The molecule has 2 saturated heterocycles. The second-order valence-electron chi connectivity index (χ2n) is 9.71. The van der Waals surface area contributed by atoms with Gasteiger partial charge in [-0.2, -0.15) is 13.2 Å². The Morgan fingerprint density at radius 3 is 2.52 bits per heavy atom. The lowest BCUT2D eigenvalue weighted by atomic mass is 9.85. The summed E-state index contributed by atoms with van der Waals surface area (Å²) in [5.41, 5.74) is 0.0972. The summed E-state index contributed by atoms with van der Waals surface area (Å²) in [6.07, 6.45) is 2.22. The number of halogens is 3. The number of piperidine rings is 1. The van der Waals surface area contributed by atoms with Gasteiger partial charge in [0.2, 0.25) is 0 Å². The van der Waals surface area contributed by atoms with E-state index in [2.05, 4.69) is 10.2 Å². The van der Waals surface area contributed by atoms with Gasteiger partial charge in [-0.05, 0) is 102 Å². The maximum Gasteiger partial charge on any atom is 0.416 e. The van der Waals surface area contributed by atoms with Crippen molar-refractivity contribution in [1.82, 2.24) is 10.2 Å². The van der Waals surface area contributed by atoms with Crippen molar-refractivity contribution in [3.63, 3.8) is 0 Å². The Kier molecular flexibility index (Phi) is 7.53. The van der Waals surface area contributed by atoms with Gasteiger partial charge in [-0.25, -0.2) is 0 Å². The van der Waals surface area contributed by atoms with Crippen molar-refractivity contribution in [1.29, 1.82) is 0 Å². The SMILES string of the molecule is CCOC(=O)C1CCC(Oc2cc(CN3CCCC34CCNCC4)cc(C(F)(F)F)c2)CC1. The summed E-state index contributed by atoms with van der Waals surface area (Å²) in [5, 5.41) is 3.40. The van der Waals surface area contributed by atoms with E-state index in [0.29, 0.717) is 44.4 Å². The van der Waals surface area contributed by atoms with E-state index in [-0.39, 0.29) is 29.3 Å². The summed E-state index contributed by atoms with van der Waals surface area (Å²) in [7, 11) is 0. The molecule has 1 aliphatic carbocycles. The van der Waals surface area contributed by atoms with Gasteiger partial charge in [-0.15, -0.1) is 0 Å². The summed E-state index contributed by atoms with van der Waals surface area (Å²) < 4.78 is 52.2. The minimum absolute atomic E-state index is 0.103. The minimum Gasteiger partial charge on any atom is -0.490 e. The molecule has 1 N–H and O–H groups in total. The third-order valence-electron chi connectivity index (χ3n) is 7.54. The van der Waals surface area contributed by atoms with Gasteiger partial charge in [0.05, 0.1) is 24.2 Å². The minimum atomic E-state index is -4.42. The third-order valence-corrected chi connectivity index (χ3v) is 7.54. The Morgan fingerprint density at radius 2 is 1.85 bits per heavy atom. The number of ether oxygens (including phenoxy) is 2. The number of carbonyl (C=O) groups excluding carboxylic acids is 1. The molecule has 4 rings (SSSR count). The second kappa shape index (κ2) is 10.2. The lowest BCUT2D eigenvalue weighted by molar-refractivity contribution is -0.149. The highest BCUT2D eigenvalue weighted by Gasteiger charge is 2.41. The quantitative estimate of drug-likeness (QED) is 0.601. The van der Waals surface area contributed by atoms with Crippen molar-refractivity contribution < 1.29 is 27.4 Å². The number of nitrogens with zero attached hydrogens (tertiary/aromatic N) is 1. The predicted molar refractivity (Wildman–Crippen MR) is 119 cm³/mol. The first-order chi connectivity index (χ1) is 15.8. The smallest absolute Gasteiger partial charge is 0.416 e. The molecule has 1 saturated carbocycles. The van der Waals surface area contributed by atoms with E-state index in [4.69, 9.17) is 9.47 Å². The standard InChI is InChI=1S/C25H35F3N2O3/c1-2-32-23(31)19-4-6-21(7-5-19)33-22-15-18(14-20(16-22)25(26,27)28)17-30-13-3-8-24(30)9-11-29-12-10-24/h14-16,19,21,29H,2-13,17H2,1H3. The average molecular weight is 469 g/mol. The highest BCUT2D eigenvalue weighted by atomic mass is 19.4. The van der Waals surface area contributed by atoms with E-state index < -0.39 is 11.7 Å². The van der Waals surface area contributed by atoms with E-state index in [1.54, 1.807) is 13.0 Å². The molecule has 0 radical (unpaired) electrons. The number of hydrogen-bond acceptors (Lipinski definition) is 5. The zero-order valence-corrected chi connectivity index (χ0v) is 19.4. The molecule has 0 atom stereocenters. The monoisotopic (exact) mass is 468 g/mol.